The maximum absolute atomic E-state index is 13.4. The Kier molecular flexibility index (Phi) is 9.74. The predicted octanol–water partition coefficient (Wildman–Crippen LogP) is 5.27. The van der Waals surface area contributed by atoms with Gasteiger partial charge in [-0.2, -0.15) is 0 Å². The molecule has 5 aromatic rings. The summed E-state index contributed by atoms with van der Waals surface area (Å²) in [4.78, 5) is 28.7. The summed E-state index contributed by atoms with van der Waals surface area (Å²) in [5.74, 6) is 2.02. The molecule has 0 aliphatic rings. The van der Waals surface area contributed by atoms with Gasteiger partial charge in [-0.1, -0.05) is 43.0 Å². The largest absolute Gasteiger partial charge is 0.457 e. The zero-order chi connectivity index (χ0) is 31.8. The van der Waals surface area contributed by atoms with Crippen molar-refractivity contribution < 1.29 is 9.53 Å². The van der Waals surface area contributed by atoms with Crippen LogP contribution in [0.2, 0.25) is 0 Å². The first kappa shape index (κ1) is 30.8. The van der Waals surface area contributed by atoms with Gasteiger partial charge in [0.1, 0.15) is 17.3 Å². The van der Waals surface area contributed by atoms with Crippen molar-refractivity contribution in [2.75, 3.05) is 20.1 Å². The number of ether oxygens (including phenoxy) is 1. The van der Waals surface area contributed by atoms with Gasteiger partial charge in [-0.15, -0.1) is 0 Å². The zero-order valence-corrected chi connectivity index (χ0v) is 25.3. The van der Waals surface area contributed by atoms with E-state index < -0.39 is 0 Å². The van der Waals surface area contributed by atoms with Crippen LogP contribution in [0, 0.1) is 0 Å². The minimum atomic E-state index is -0.305. The molecular formula is C35H38N8O2. The van der Waals surface area contributed by atoms with E-state index in [9.17, 15) is 4.79 Å². The van der Waals surface area contributed by atoms with Gasteiger partial charge in [0.2, 0.25) is 0 Å². The number of hydrogen-bond acceptors (Lipinski definition) is 6. The number of imidazole rings is 1. The molecule has 5 rings (SSSR count). The highest BCUT2D eigenvalue weighted by Crippen LogP contribution is 2.35. The maximum atomic E-state index is 13.4. The number of amides is 1. The highest BCUT2D eigenvalue weighted by molar-refractivity contribution is 5.98. The molecule has 0 bridgehead atoms. The molecule has 10 heteroatoms. The number of allylic oxidation sites excluding steroid dienone is 1. The molecule has 6 N–H and O–H groups in total. The lowest BCUT2D eigenvalue weighted by Gasteiger charge is -2.22. The molecule has 1 amide bonds. The standard InChI is InChI=1S/C35H38N8O2/c1-24(36)31(15-9-20-40-35(37)38)43-32-17-16-26(34(44)42(2)21-18-27-11-6-7-19-39-27)23-30(32)41-33(43)25-10-8-14-29(22-25)45-28-12-4-3-5-13-28/h3-8,10-14,16-17,19,22-23,31H,1,9,15,18,20-21,36H2,2H3,(H4,37,38,40)/t31-/m1/s1. The number of carbonyl (C=O) groups is 1. The summed E-state index contributed by atoms with van der Waals surface area (Å²) in [5, 5.41) is 0. The smallest absolute Gasteiger partial charge is 0.253 e. The summed E-state index contributed by atoms with van der Waals surface area (Å²) in [7, 11) is 1.79. The van der Waals surface area contributed by atoms with Crippen LogP contribution < -0.4 is 21.9 Å². The number of carbonyl (C=O) groups excluding carboxylic acids is 1. The van der Waals surface area contributed by atoms with E-state index in [1.807, 2.05) is 91.0 Å². The van der Waals surface area contributed by atoms with Gasteiger partial charge in [0, 0.05) is 55.3 Å². The van der Waals surface area contributed by atoms with Crippen LogP contribution in [-0.2, 0) is 6.42 Å². The summed E-state index contributed by atoms with van der Waals surface area (Å²) < 4.78 is 8.20. The van der Waals surface area contributed by atoms with Crippen LogP contribution in [0.25, 0.3) is 22.4 Å². The predicted molar refractivity (Wildman–Crippen MR) is 179 cm³/mol. The summed E-state index contributed by atoms with van der Waals surface area (Å²) in [6, 6.07) is 28.4. The number of para-hydroxylation sites is 1. The van der Waals surface area contributed by atoms with Gasteiger partial charge >= 0.3 is 0 Å². The number of aliphatic imine (C=N–C) groups is 1. The van der Waals surface area contributed by atoms with Crippen molar-refractivity contribution in [3.63, 3.8) is 0 Å². The van der Waals surface area contributed by atoms with Gasteiger partial charge in [-0.3, -0.25) is 14.8 Å². The van der Waals surface area contributed by atoms with Crippen LogP contribution in [0.15, 0.2) is 114 Å². The average Bonchev–Trinajstić information content (AvgIpc) is 3.42. The van der Waals surface area contributed by atoms with Gasteiger partial charge in [-0.25, -0.2) is 4.98 Å². The van der Waals surface area contributed by atoms with Crippen molar-refractivity contribution in [1.82, 2.24) is 19.4 Å². The highest BCUT2D eigenvalue weighted by atomic mass is 16.5. The van der Waals surface area contributed by atoms with E-state index in [-0.39, 0.29) is 17.9 Å². The molecule has 45 heavy (non-hydrogen) atoms. The van der Waals surface area contributed by atoms with Crippen LogP contribution in [0.4, 0.5) is 0 Å². The van der Waals surface area contributed by atoms with E-state index in [0.717, 1.165) is 22.5 Å². The highest BCUT2D eigenvalue weighted by Gasteiger charge is 2.23. The molecule has 0 saturated heterocycles. The van der Waals surface area contributed by atoms with Crippen LogP contribution in [-0.4, -0.2) is 51.4 Å². The lowest BCUT2D eigenvalue weighted by atomic mass is 10.1. The number of hydrogen-bond donors (Lipinski definition) is 3. The number of aromatic nitrogens is 3. The number of nitrogens with zero attached hydrogens (tertiary/aromatic N) is 5. The Morgan fingerprint density at radius 2 is 1.76 bits per heavy atom. The maximum Gasteiger partial charge on any atom is 0.253 e. The summed E-state index contributed by atoms with van der Waals surface area (Å²) in [5.41, 5.74) is 21.8. The molecule has 0 fully saturated rings. The Morgan fingerprint density at radius 1 is 0.978 bits per heavy atom. The van der Waals surface area contributed by atoms with Crippen LogP contribution >= 0.6 is 0 Å². The topological polar surface area (TPSA) is 151 Å². The normalized spacial score (nSPS) is 11.6. The SMILES string of the molecule is C=C(N)[C@@H](CCCN=C(N)N)n1c(-c2cccc(Oc3ccccc3)c2)nc2cc(C(=O)N(C)CCc3ccccn3)ccc21. The Morgan fingerprint density at radius 3 is 2.49 bits per heavy atom. The lowest BCUT2D eigenvalue weighted by Crippen LogP contribution is -2.29. The van der Waals surface area contributed by atoms with Crippen molar-refractivity contribution in [3.8, 4) is 22.9 Å². The molecule has 0 aliphatic carbocycles. The second kappa shape index (κ2) is 14.2. The monoisotopic (exact) mass is 602 g/mol. The number of fused-ring (bicyclic) bond motifs is 1. The summed E-state index contributed by atoms with van der Waals surface area (Å²) >= 11 is 0. The van der Waals surface area contributed by atoms with Gasteiger partial charge in [0.25, 0.3) is 5.91 Å². The molecule has 2 aromatic heterocycles. The summed E-state index contributed by atoms with van der Waals surface area (Å²) in [6.07, 6.45) is 3.71. The molecule has 0 aliphatic heterocycles. The third kappa shape index (κ3) is 7.66. The van der Waals surface area contributed by atoms with Gasteiger partial charge < -0.3 is 31.4 Å². The molecule has 230 valence electrons. The number of nitrogens with two attached hydrogens (primary N) is 3. The van der Waals surface area contributed by atoms with E-state index in [0.29, 0.717) is 60.7 Å². The number of benzene rings is 3. The number of pyridine rings is 1. The first-order chi connectivity index (χ1) is 21.8. The van der Waals surface area contributed by atoms with E-state index in [4.69, 9.17) is 26.9 Å². The Balaban J connectivity index is 1.51. The second-order valence-electron chi connectivity index (χ2n) is 10.8. The Labute approximate surface area is 262 Å². The fourth-order valence-electron chi connectivity index (χ4n) is 5.20. The molecule has 0 saturated carbocycles. The van der Waals surface area contributed by atoms with Crippen molar-refractivity contribution in [2.45, 2.75) is 25.3 Å². The number of rotatable bonds is 13. The molecular weight excluding hydrogens is 564 g/mol. The quantitative estimate of drug-likeness (QED) is 0.0943. The lowest BCUT2D eigenvalue weighted by molar-refractivity contribution is 0.0796. The van der Waals surface area contributed by atoms with Gasteiger partial charge in [0.05, 0.1) is 17.1 Å². The van der Waals surface area contributed by atoms with Crippen LogP contribution in [0.1, 0.15) is 34.9 Å². The van der Waals surface area contributed by atoms with Crippen molar-refractivity contribution in [2.24, 2.45) is 22.2 Å². The molecule has 0 spiro atoms. The first-order valence-electron chi connectivity index (χ1n) is 14.8. The van der Waals surface area contributed by atoms with E-state index in [1.54, 1.807) is 18.1 Å². The Bertz CT molecular complexity index is 1800. The fraction of sp³-hybridized carbons (Fsp3) is 0.200. The third-order valence-corrected chi connectivity index (χ3v) is 7.45. The minimum Gasteiger partial charge on any atom is -0.457 e. The van der Waals surface area contributed by atoms with Crippen molar-refractivity contribution in [1.29, 1.82) is 0 Å². The van der Waals surface area contributed by atoms with Crippen LogP contribution in [0.3, 0.4) is 0 Å². The van der Waals surface area contributed by atoms with Crippen molar-refractivity contribution in [3.05, 3.63) is 121 Å². The second-order valence-corrected chi connectivity index (χ2v) is 10.8. The molecule has 0 radical (unpaired) electrons. The molecule has 0 unspecified atom stereocenters. The zero-order valence-electron chi connectivity index (χ0n) is 25.3. The average molecular weight is 603 g/mol. The van der Waals surface area contributed by atoms with E-state index >= 15 is 0 Å². The fourth-order valence-corrected chi connectivity index (χ4v) is 5.20. The van der Waals surface area contributed by atoms with E-state index in [1.165, 1.54) is 0 Å². The number of guanidine groups is 1. The molecule has 3 aromatic carbocycles. The number of likely N-dealkylation sites (N-methyl/N-ethyl adjacent to an activating group) is 1. The minimum absolute atomic E-state index is 0.0457. The van der Waals surface area contributed by atoms with E-state index in [2.05, 4.69) is 21.1 Å². The third-order valence-electron chi connectivity index (χ3n) is 7.45. The first-order valence-corrected chi connectivity index (χ1v) is 14.8. The molecule has 2 heterocycles. The van der Waals surface area contributed by atoms with Gasteiger partial charge in [0.15, 0.2) is 5.96 Å². The molecule has 1 atom stereocenters. The Hall–Kier alpha value is -5.64. The van der Waals surface area contributed by atoms with Crippen LogP contribution in [0.5, 0.6) is 11.5 Å². The summed E-state index contributed by atoms with van der Waals surface area (Å²) in [6.45, 7) is 5.10. The molecule has 10 nitrogen and oxygen atoms in total. The van der Waals surface area contributed by atoms with Gasteiger partial charge in [-0.05, 0) is 67.4 Å². The van der Waals surface area contributed by atoms with Crippen molar-refractivity contribution >= 4 is 22.9 Å².